The topological polar surface area (TPSA) is 88.2 Å². The van der Waals surface area contributed by atoms with E-state index in [0.717, 1.165) is 5.56 Å². The van der Waals surface area contributed by atoms with Gasteiger partial charge >= 0.3 is 0 Å². The van der Waals surface area contributed by atoms with E-state index in [4.69, 9.17) is 21.1 Å². The number of ether oxygens (including phenoxy) is 2. The van der Waals surface area contributed by atoms with Crippen molar-refractivity contribution in [3.63, 3.8) is 0 Å². The van der Waals surface area contributed by atoms with E-state index in [9.17, 15) is 14.4 Å². The van der Waals surface area contributed by atoms with Gasteiger partial charge in [0, 0.05) is 38.0 Å². The first-order valence-corrected chi connectivity index (χ1v) is 13.3. The average molecular weight is 548 g/mol. The van der Waals surface area contributed by atoms with Crippen LogP contribution in [0.25, 0.3) is 0 Å². The molecule has 2 fully saturated rings. The fourth-order valence-corrected chi connectivity index (χ4v) is 5.42. The van der Waals surface area contributed by atoms with Crippen molar-refractivity contribution in [2.24, 2.45) is 0 Å². The van der Waals surface area contributed by atoms with Crippen LogP contribution in [0, 0.1) is 0 Å². The van der Waals surface area contributed by atoms with Crippen molar-refractivity contribution < 1.29 is 23.9 Å². The summed E-state index contributed by atoms with van der Waals surface area (Å²) in [6, 6.07) is 22.5. The number of amides is 3. The van der Waals surface area contributed by atoms with Gasteiger partial charge in [0.2, 0.25) is 5.91 Å². The highest BCUT2D eigenvalue weighted by Crippen LogP contribution is 2.39. The smallest absolute Gasteiger partial charge is 0.256 e. The third-order valence-corrected chi connectivity index (χ3v) is 7.69. The van der Waals surface area contributed by atoms with Crippen LogP contribution in [0.15, 0.2) is 78.9 Å². The number of hydrogen-bond donors (Lipinski definition) is 1. The van der Waals surface area contributed by atoms with E-state index in [2.05, 4.69) is 5.32 Å². The van der Waals surface area contributed by atoms with Crippen molar-refractivity contribution in [1.29, 1.82) is 0 Å². The number of nitrogens with one attached hydrogen (secondary N) is 1. The minimum absolute atomic E-state index is 0.0704. The summed E-state index contributed by atoms with van der Waals surface area (Å²) >= 11 is 6.26. The summed E-state index contributed by atoms with van der Waals surface area (Å²) in [6.07, 6.45) is 0.737. The first-order valence-electron chi connectivity index (χ1n) is 12.9. The molecule has 1 spiro atoms. The fraction of sp³-hybridized carbons (Fsp3) is 0.300. The molecular weight excluding hydrogens is 518 g/mol. The van der Waals surface area contributed by atoms with Crippen LogP contribution in [-0.4, -0.2) is 66.1 Å². The normalized spacial score (nSPS) is 18.2. The zero-order valence-electron chi connectivity index (χ0n) is 21.6. The lowest BCUT2D eigenvalue weighted by Crippen LogP contribution is -2.59. The van der Waals surface area contributed by atoms with Crippen molar-refractivity contribution in [2.75, 3.05) is 26.8 Å². The van der Waals surface area contributed by atoms with Gasteiger partial charge in [-0.2, -0.15) is 0 Å². The van der Waals surface area contributed by atoms with E-state index >= 15 is 0 Å². The largest absolute Gasteiger partial charge is 0.497 e. The van der Waals surface area contributed by atoms with E-state index in [1.807, 2.05) is 30.3 Å². The number of hydrogen-bond acceptors (Lipinski definition) is 5. The van der Waals surface area contributed by atoms with Crippen LogP contribution < -0.4 is 10.1 Å². The molecule has 1 atom stereocenters. The Morgan fingerprint density at radius 2 is 1.62 bits per heavy atom. The van der Waals surface area contributed by atoms with Gasteiger partial charge in [-0.3, -0.25) is 19.3 Å². The molecule has 2 aliphatic rings. The van der Waals surface area contributed by atoms with Gasteiger partial charge in [-0.25, -0.2) is 0 Å². The Labute approximate surface area is 232 Å². The monoisotopic (exact) mass is 547 g/mol. The second-order valence-corrected chi connectivity index (χ2v) is 10.1. The Bertz CT molecular complexity index is 1340. The second-order valence-electron chi connectivity index (χ2n) is 9.65. The average Bonchev–Trinajstić information content (AvgIpc) is 3.34. The number of likely N-dealkylation sites (tertiary alicyclic amines) is 1. The minimum Gasteiger partial charge on any atom is -0.497 e. The lowest BCUT2D eigenvalue weighted by atomic mass is 9.96. The first-order chi connectivity index (χ1) is 18.9. The molecule has 2 aliphatic heterocycles. The summed E-state index contributed by atoms with van der Waals surface area (Å²) in [6.45, 7) is 1.12. The molecule has 0 bridgehead atoms. The fourth-order valence-electron chi connectivity index (χ4n) is 5.21. The maximum Gasteiger partial charge on any atom is 0.256 e. The van der Waals surface area contributed by atoms with Gasteiger partial charge in [-0.1, -0.05) is 54.1 Å². The predicted molar refractivity (Wildman–Crippen MR) is 147 cm³/mol. The third kappa shape index (κ3) is 5.48. The maximum atomic E-state index is 13.9. The molecule has 2 saturated heterocycles. The second kappa shape index (κ2) is 11.5. The van der Waals surface area contributed by atoms with Crippen molar-refractivity contribution in [3.8, 4) is 5.75 Å². The summed E-state index contributed by atoms with van der Waals surface area (Å²) in [7, 11) is 1.56. The SMILES string of the molecule is COc1ccc(C(=O)N2[C@@H](C(=O)NCc3ccccc3)COC23CCN(C(=O)c2ccccc2Cl)CC3)cc1. The van der Waals surface area contributed by atoms with Crippen molar-refractivity contribution in [3.05, 3.63) is 101 Å². The van der Waals surface area contributed by atoms with Crippen molar-refractivity contribution >= 4 is 29.3 Å². The van der Waals surface area contributed by atoms with Crippen molar-refractivity contribution in [1.82, 2.24) is 15.1 Å². The van der Waals surface area contributed by atoms with Crippen LogP contribution in [0.2, 0.25) is 5.02 Å². The molecule has 5 rings (SSSR count). The molecule has 3 aromatic carbocycles. The molecule has 202 valence electrons. The van der Waals surface area contributed by atoms with Crippen LogP contribution in [0.1, 0.15) is 39.1 Å². The van der Waals surface area contributed by atoms with Crippen LogP contribution in [-0.2, 0) is 16.1 Å². The lowest BCUT2D eigenvalue weighted by Gasteiger charge is -2.44. The highest BCUT2D eigenvalue weighted by atomic mass is 35.5. The van der Waals surface area contributed by atoms with Gasteiger partial charge in [0.05, 0.1) is 24.3 Å². The summed E-state index contributed by atoms with van der Waals surface area (Å²) < 4.78 is 11.5. The Kier molecular flexibility index (Phi) is 7.86. The number of carbonyl (C=O) groups is 3. The quantitative estimate of drug-likeness (QED) is 0.501. The minimum atomic E-state index is -1.01. The molecule has 0 aliphatic carbocycles. The molecular formula is C30H30ClN3O5. The predicted octanol–water partition coefficient (Wildman–Crippen LogP) is 4.14. The molecule has 9 heteroatoms. The molecule has 0 saturated carbocycles. The standard InChI is InChI=1S/C30H30ClN3O5/c1-38-23-13-11-22(12-14-23)28(36)34-26(27(35)32-19-21-7-3-2-4-8-21)20-39-30(34)15-17-33(18-16-30)29(37)24-9-5-6-10-25(24)31/h2-14,26H,15-20H2,1H3,(H,32,35)/t26-/m1/s1. The molecule has 3 aromatic rings. The van der Waals surface area contributed by atoms with Crippen LogP contribution in [0.4, 0.5) is 0 Å². The Morgan fingerprint density at radius 1 is 0.949 bits per heavy atom. The van der Waals surface area contributed by atoms with E-state index in [0.29, 0.717) is 54.4 Å². The summed E-state index contributed by atoms with van der Waals surface area (Å²) in [5.41, 5.74) is 0.810. The molecule has 0 aromatic heterocycles. The van der Waals surface area contributed by atoms with Gasteiger partial charge in [0.25, 0.3) is 11.8 Å². The van der Waals surface area contributed by atoms with E-state index in [-0.39, 0.29) is 24.3 Å². The zero-order chi connectivity index (χ0) is 27.4. The van der Waals surface area contributed by atoms with Gasteiger partial charge in [0.15, 0.2) is 0 Å². The molecule has 2 heterocycles. The summed E-state index contributed by atoms with van der Waals surface area (Å²) in [5.74, 6) is -0.130. The van der Waals surface area contributed by atoms with Crippen LogP contribution >= 0.6 is 11.6 Å². The molecule has 0 radical (unpaired) electrons. The number of carbonyl (C=O) groups excluding carboxylic acids is 3. The molecule has 39 heavy (non-hydrogen) atoms. The van der Waals surface area contributed by atoms with E-state index < -0.39 is 11.8 Å². The molecule has 3 amide bonds. The van der Waals surface area contributed by atoms with E-state index in [1.54, 1.807) is 65.4 Å². The first kappa shape index (κ1) is 26.7. The number of halogens is 1. The highest BCUT2D eigenvalue weighted by molar-refractivity contribution is 6.33. The maximum absolute atomic E-state index is 13.9. The lowest BCUT2D eigenvalue weighted by molar-refractivity contribution is -0.128. The number of methoxy groups -OCH3 is 1. The Balaban J connectivity index is 1.37. The Morgan fingerprint density at radius 3 is 2.28 bits per heavy atom. The van der Waals surface area contributed by atoms with Gasteiger partial charge in [0.1, 0.15) is 17.5 Å². The Hall–Kier alpha value is -3.88. The van der Waals surface area contributed by atoms with Gasteiger partial charge in [-0.05, 0) is 42.0 Å². The van der Waals surface area contributed by atoms with Crippen LogP contribution in [0.5, 0.6) is 5.75 Å². The molecule has 1 N–H and O–H groups in total. The van der Waals surface area contributed by atoms with Crippen molar-refractivity contribution in [2.45, 2.75) is 31.2 Å². The third-order valence-electron chi connectivity index (χ3n) is 7.36. The number of piperidine rings is 1. The van der Waals surface area contributed by atoms with E-state index in [1.165, 1.54) is 0 Å². The zero-order valence-corrected chi connectivity index (χ0v) is 22.4. The summed E-state index contributed by atoms with van der Waals surface area (Å²) in [4.78, 5) is 43.8. The van der Waals surface area contributed by atoms with Crippen LogP contribution in [0.3, 0.4) is 0 Å². The van der Waals surface area contributed by atoms with Gasteiger partial charge in [-0.15, -0.1) is 0 Å². The highest BCUT2D eigenvalue weighted by Gasteiger charge is 2.54. The van der Waals surface area contributed by atoms with Gasteiger partial charge < -0.3 is 19.7 Å². The molecule has 0 unspecified atom stereocenters. The number of nitrogens with zero attached hydrogens (tertiary/aromatic N) is 2. The molecule has 8 nitrogen and oxygen atoms in total. The number of rotatable bonds is 6. The number of benzene rings is 3. The summed E-state index contributed by atoms with van der Waals surface area (Å²) in [5, 5.41) is 3.35.